The minimum atomic E-state index is -0.967. The summed E-state index contributed by atoms with van der Waals surface area (Å²) in [5.74, 6) is -0.967. The van der Waals surface area contributed by atoms with Crippen molar-refractivity contribution in [2.75, 3.05) is 37.6 Å². The molecule has 1 aliphatic heterocycles. The molecule has 2 aromatic carbocycles. The monoisotopic (exact) mass is 401 g/mol. The van der Waals surface area contributed by atoms with E-state index in [1.54, 1.807) is 41.3 Å². The van der Waals surface area contributed by atoms with Crippen LogP contribution >= 0.6 is 11.6 Å². The normalized spacial score (nSPS) is 14.7. The van der Waals surface area contributed by atoms with E-state index in [4.69, 9.17) is 16.7 Å². The van der Waals surface area contributed by atoms with Gasteiger partial charge in [-0.2, -0.15) is 0 Å². The van der Waals surface area contributed by atoms with Gasteiger partial charge in [-0.05, 0) is 48.5 Å². The predicted molar refractivity (Wildman–Crippen MR) is 110 cm³/mol. The minimum absolute atomic E-state index is 0.0552. The van der Waals surface area contributed by atoms with Gasteiger partial charge in [0.25, 0.3) is 0 Å². The van der Waals surface area contributed by atoms with Gasteiger partial charge < -0.3 is 14.9 Å². The summed E-state index contributed by atoms with van der Waals surface area (Å²) in [7, 11) is 0. The van der Waals surface area contributed by atoms with Gasteiger partial charge in [0.1, 0.15) is 0 Å². The van der Waals surface area contributed by atoms with Crippen LogP contribution in [0.2, 0.25) is 5.02 Å². The standard InChI is InChI=1S/C21H24ClN3O3/c1-2-23-11-13-24(14-12-23)21(28)25(19-9-7-18(22)8-10-19)15-16-3-5-17(6-4-16)20(26)27/h3-10H,2,11-15H2,1H3,(H,26,27). The summed E-state index contributed by atoms with van der Waals surface area (Å²) >= 11 is 6.01. The number of benzene rings is 2. The molecule has 1 fully saturated rings. The fourth-order valence-electron chi connectivity index (χ4n) is 3.25. The summed E-state index contributed by atoms with van der Waals surface area (Å²) in [6.07, 6.45) is 0. The van der Waals surface area contributed by atoms with E-state index in [2.05, 4.69) is 11.8 Å². The van der Waals surface area contributed by atoms with E-state index >= 15 is 0 Å². The summed E-state index contributed by atoms with van der Waals surface area (Å²) < 4.78 is 0. The minimum Gasteiger partial charge on any atom is -0.478 e. The predicted octanol–water partition coefficient (Wildman–Crippen LogP) is 3.80. The molecule has 3 rings (SSSR count). The highest BCUT2D eigenvalue weighted by Crippen LogP contribution is 2.22. The Morgan fingerprint density at radius 3 is 2.14 bits per heavy atom. The number of aromatic carboxylic acids is 1. The Balaban J connectivity index is 1.81. The van der Waals surface area contributed by atoms with Crippen molar-refractivity contribution >= 4 is 29.3 Å². The molecule has 1 N–H and O–H groups in total. The number of carbonyl (C=O) groups is 2. The van der Waals surface area contributed by atoms with Crippen LogP contribution in [-0.4, -0.2) is 59.6 Å². The quantitative estimate of drug-likeness (QED) is 0.827. The number of carboxylic acids is 1. The zero-order chi connectivity index (χ0) is 20.1. The summed E-state index contributed by atoms with van der Waals surface area (Å²) in [5, 5.41) is 9.68. The van der Waals surface area contributed by atoms with Crippen molar-refractivity contribution in [3.05, 3.63) is 64.7 Å². The molecule has 28 heavy (non-hydrogen) atoms. The molecule has 2 amide bonds. The van der Waals surface area contributed by atoms with Crippen LogP contribution in [0, 0.1) is 0 Å². The van der Waals surface area contributed by atoms with Crippen molar-refractivity contribution in [3.8, 4) is 0 Å². The van der Waals surface area contributed by atoms with Gasteiger partial charge in [-0.3, -0.25) is 4.90 Å². The van der Waals surface area contributed by atoms with E-state index < -0.39 is 5.97 Å². The van der Waals surface area contributed by atoms with Crippen LogP contribution in [0.1, 0.15) is 22.8 Å². The van der Waals surface area contributed by atoms with Gasteiger partial charge in [-0.15, -0.1) is 0 Å². The van der Waals surface area contributed by atoms with Crippen LogP contribution in [-0.2, 0) is 6.54 Å². The number of rotatable bonds is 5. The van der Waals surface area contributed by atoms with Gasteiger partial charge in [0.05, 0.1) is 12.1 Å². The van der Waals surface area contributed by atoms with Crippen molar-refractivity contribution in [2.24, 2.45) is 0 Å². The highest BCUT2D eigenvalue weighted by molar-refractivity contribution is 6.30. The maximum absolute atomic E-state index is 13.3. The zero-order valence-electron chi connectivity index (χ0n) is 15.8. The molecule has 0 aromatic heterocycles. The highest BCUT2D eigenvalue weighted by atomic mass is 35.5. The molecule has 0 spiro atoms. The molecule has 0 atom stereocenters. The van der Waals surface area contributed by atoms with Crippen molar-refractivity contribution in [3.63, 3.8) is 0 Å². The average molecular weight is 402 g/mol. The topological polar surface area (TPSA) is 64.1 Å². The molecule has 0 saturated carbocycles. The van der Waals surface area contributed by atoms with Crippen LogP contribution in [0.15, 0.2) is 48.5 Å². The van der Waals surface area contributed by atoms with Gasteiger partial charge in [-0.25, -0.2) is 9.59 Å². The van der Waals surface area contributed by atoms with Gasteiger partial charge in [0.2, 0.25) is 0 Å². The molecule has 2 aromatic rings. The number of piperazine rings is 1. The number of urea groups is 1. The molecule has 1 aliphatic rings. The second kappa shape index (κ2) is 9.08. The fourth-order valence-corrected chi connectivity index (χ4v) is 3.38. The third kappa shape index (κ3) is 4.82. The van der Waals surface area contributed by atoms with Crippen molar-refractivity contribution in [1.29, 1.82) is 0 Å². The van der Waals surface area contributed by atoms with Crippen LogP contribution in [0.5, 0.6) is 0 Å². The zero-order valence-corrected chi connectivity index (χ0v) is 16.6. The number of carboxylic acid groups (broad SMARTS) is 1. The molecular weight excluding hydrogens is 378 g/mol. The average Bonchev–Trinajstić information content (AvgIpc) is 2.72. The molecule has 6 nitrogen and oxygen atoms in total. The lowest BCUT2D eigenvalue weighted by Crippen LogP contribution is -2.52. The molecule has 1 saturated heterocycles. The molecule has 0 radical (unpaired) electrons. The second-order valence-electron chi connectivity index (χ2n) is 6.77. The van der Waals surface area contributed by atoms with Gasteiger partial charge >= 0.3 is 12.0 Å². The van der Waals surface area contributed by atoms with Crippen LogP contribution in [0.4, 0.5) is 10.5 Å². The highest BCUT2D eigenvalue weighted by Gasteiger charge is 2.26. The number of nitrogens with zero attached hydrogens (tertiary/aromatic N) is 3. The number of halogens is 1. The lowest BCUT2D eigenvalue weighted by Gasteiger charge is -2.37. The summed E-state index contributed by atoms with van der Waals surface area (Å²) in [6.45, 7) is 6.57. The van der Waals surface area contributed by atoms with E-state index in [1.165, 1.54) is 0 Å². The first-order chi connectivity index (χ1) is 13.5. The van der Waals surface area contributed by atoms with Gasteiger partial charge in [0, 0.05) is 36.9 Å². The van der Waals surface area contributed by atoms with Gasteiger partial charge in [-0.1, -0.05) is 30.7 Å². The SMILES string of the molecule is CCN1CCN(C(=O)N(Cc2ccc(C(=O)O)cc2)c2ccc(Cl)cc2)CC1. The Labute approximate surface area is 169 Å². The Morgan fingerprint density at radius 1 is 1.00 bits per heavy atom. The summed E-state index contributed by atoms with van der Waals surface area (Å²) in [4.78, 5) is 30.2. The Hall–Kier alpha value is -2.57. The van der Waals surface area contributed by atoms with Crippen molar-refractivity contribution in [2.45, 2.75) is 13.5 Å². The fraction of sp³-hybridized carbons (Fsp3) is 0.333. The molecule has 1 heterocycles. The third-order valence-electron chi connectivity index (χ3n) is 5.00. The Kier molecular flexibility index (Phi) is 6.54. The number of amides is 2. The van der Waals surface area contributed by atoms with Crippen LogP contribution in [0.3, 0.4) is 0 Å². The van der Waals surface area contributed by atoms with E-state index in [0.717, 1.165) is 30.9 Å². The van der Waals surface area contributed by atoms with Crippen LogP contribution in [0.25, 0.3) is 0 Å². The maximum atomic E-state index is 13.3. The van der Waals surface area contributed by atoms with Crippen LogP contribution < -0.4 is 4.90 Å². The number of hydrogen-bond acceptors (Lipinski definition) is 3. The van der Waals surface area contributed by atoms with Crippen molar-refractivity contribution in [1.82, 2.24) is 9.80 Å². The lowest BCUT2D eigenvalue weighted by atomic mass is 10.1. The molecule has 7 heteroatoms. The van der Waals surface area contributed by atoms with Crippen molar-refractivity contribution < 1.29 is 14.7 Å². The molecule has 0 unspecified atom stereocenters. The summed E-state index contributed by atoms with van der Waals surface area (Å²) in [6, 6.07) is 13.7. The molecule has 148 valence electrons. The van der Waals surface area contributed by atoms with E-state index in [0.29, 0.717) is 24.7 Å². The summed E-state index contributed by atoms with van der Waals surface area (Å²) in [5.41, 5.74) is 1.85. The van der Waals surface area contributed by atoms with E-state index in [9.17, 15) is 9.59 Å². The number of anilines is 1. The van der Waals surface area contributed by atoms with Gasteiger partial charge in [0.15, 0.2) is 0 Å². The van der Waals surface area contributed by atoms with E-state index in [1.807, 2.05) is 17.0 Å². The lowest BCUT2D eigenvalue weighted by molar-refractivity contribution is 0.0697. The first-order valence-electron chi connectivity index (χ1n) is 9.34. The van der Waals surface area contributed by atoms with E-state index in [-0.39, 0.29) is 11.6 Å². The molecule has 0 aliphatic carbocycles. The molecular formula is C21H24ClN3O3. The first-order valence-corrected chi connectivity index (χ1v) is 9.72. The number of carbonyl (C=O) groups excluding carboxylic acids is 1. The largest absolute Gasteiger partial charge is 0.478 e. The Morgan fingerprint density at radius 2 is 1.61 bits per heavy atom. The third-order valence-corrected chi connectivity index (χ3v) is 5.25. The number of likely N-dealkylation sites (N-methyl/N-ethyl adjacent to an activating group) is 1. The second-order valence-corrected chi connectivity index (χ2v) is 7.20. The maximum Gasteiger partial charge on any atom is 0.335 e. The number of hydrogen-bond donors (Lipinski definition) is 1. The Bertz CT molecular complexity index is 816. The first kappa shape index (κ1) is 20.2. The smallest absolute Gasteiger partial charge is 0.335 e. The molecule has 0 bridgehead atoms.